The highest BCUT2D eigenvalue weighted by atomic mass is 32.2. The third-order valence-corrected chi connectivity index (χ3v) is 5.92. The van der Waals surface area contributed by atoms with Gasteiger partial charge in [0.05, 0.1) is 22.2 Å². The van der Waals surface area contributed by atoms with Gasteiger partial charge in [0.15, 0.2) is 0 Å². The van der Waals surface area contributed by atoms with Gasteiger partial charge in [0.2, 0.25) is 19.5 Å². The minimum absolute atomic E-state index is 0.0286. The Morgan fingerprint density at radius 2 is 1.16 bits per heavy atom. The van der Waals surface area contributed by atoms with Crippen molar-refractivity contribution in [2.75, 3.05) is 25.9 Å². The van der Waals surface area contributed by atoms with E-state index in [1.807, 2.05) is 0 Å². The zero-order valence-electron chi connectivity index (χ0n) is 22.7. The Morgan fingerprint density at radius 3 is 1.59 bits per heavy atom. The predicted octanol–water partition coefficient (Wildman–Crippen LogP) is 3.65. The van der Waals surface area contributed by atoms with Crippen LogP contribution in [0.5, 0.6) is 0 Å². The molecule has 0 fully saturated rings. The van der Waals surface area contributed by atoms with Crippen molar-refractivity contribution in [1.82, 2.24) is 5.32 Å². The summed E-state index contributed by atoms with van der Waals surface area (Å²) >= 11 is 1.08. The summed E-state index contributed by atoms with van der Waals surface area (Å²) in [7, 11) is 0. The van der Waals surface area contributed by atoms with Crippen molar-refractivity contribution < 1.29 is 52.5 Å². The van der Waals surface area contributed by atoms with Gasteiger partial charge in [0, 0.05) is 5.75 Å². The Hall–Kier alpha value is -2.48. The van der Waals surface area contributed by atoms with Crippen molar-refractivity contribution in [2.24, 2.45) is 10.8 Å². The molecule has 1 N–H and O–H groups in total. The molecule has 14 heteroatoms. The normalized spacial score (nSPS) is 12.6. The first kappa shape index (κ1) is 34.5. The average molecular weight is 568 g/mol. The molecule has 0 heterocycles. The van der Waals surface area contributed by atoms with Gasteiger partial charge in [0.1, 0.15) is 6.04 Å². The van der Waals surface area contributed by atoms with Gasteiger partial charge in [-0.15, -0.1) is 0 Å². The molecule has 0 aromatic heterocycles. The number of esters is 3. The van der Waals surface area contributed by atoms with E-state index in [0.717, 1.165) is 0 Å². The van der Waals surface area contributed by atoms with Crippen LogP contribution in [-0.4, -0.2) is 71.2 Å². The number of hydrogen-bond acceptors (Lipinski definition) is 13. The summed E-state index contributed by atoms with van der Waals surface area (Å²) in [5, 5.41) is 0.732. The van der Waals surface area contributed by atoms with E-state index in [2.05, 4.69) is 5.32 Å². The average Bonchev–Trinajstić information content (AvgIpc) is 2.74. The molecule has 0 bridgehead atoms. The molecule has 0 aliphatic rings. The second-order valence-corrected chi connectivity index (χ2v) is 12.6. The predicted molar refractivity (Wildman–Crippen MR) is 136 cm³/mol. The second kappa shape index (κ2) is 15.1. The van der Waals surface area contributed by atoms with E-state index < -0.39 is 69.6 Å². The molecule has 0 rings (SSSR count). The number of carbonyl (C=O) groups is 6. The largest absolute Gasteiger partial charge is 0.464 e. The van der Waals surface area contributed by atoms with Gasteiger partial charge in [-0.3, -0.25) is 14.4 Å². The van der Waals surface area contributed by atoms with Crippen LogP contribution in [0, 0.1) is 10.8 Å². The van der Waals surface area contributed by atoms with E-state index in [9.17, 15) is 28.8 Å². The minimum Gasteiger partial charge on any atom is -0.464 e. The number of carbonyl (C=O) groups excluding carboxylic acids is 6. The zero-order valence-corrected chi connectivity index (χ0v) is 24.3. The Bertz CT molecular complexity index is 845. The molecular weight excluding hydrogens is 530 g/mol. The van der Waals surface area contributed by atoms with Crippen LogP contribution in [-0.2, 0) is 42.9 Å². The van der Waals surface area contributed by atoms with Crippen molar-refractivity contribution in [1.29, 1.82) is 0 Å². The Labute approximate surface area is 225 Å². The molecule has 0 aromatic carbocycles. The van der Waals surface area contributed by atoms with Crippen LogP contribution in [0.15, 0.2) is 0 Å². The van der Waals surface area contributed by atoms with Gasteiger partial charge >= 0.3 is 28.5 Å². The molecule has 37 heavy (non-hydrogen) atoms. The molecule has 0 radical (unpaired) electrons. The van der Waals surface area contributed by atoms with Gasteiger partial charge in [0.25, 0.3) is 0 Å². The Kier molecular flexibility index (Phi) is 14.0. The molecular formula is C23H37NO11S2. The van der Waals surface area contributed by atoms with E-state index >= 15 is 0 Å². The first-order valence-corrected chi connectivity index (χ1v) is 13.1. The fourth-order valence-electron chi connectivity index (χ4n) is 1.92. The van der Waals surface area contributed by atoms with E-state index in [1.54, 1.807) is 48.5 Å². The molecule has 0 aliphatic carbocycles. The summed E-state index contributed by atoms with van der Waals surface area (Å²) in [4.78, 5) is 72.7. The fraction of sp³-hybridized carbons (Fsp3) is 0.739. The molecule has 0 saturated carbocycles. The van der Waals surface area contributed by atoms with Crippen LogP contribution in [0.25, 0.3) is 0 Å². The lowest BCUT2D eigenvalue weighted by Crippen LogP contribution is -2.50. The molecule has 0 aliphatic heterocycles. The smallest absolute Gasteiger partial charge is 0.371 e. The third kappa shape index (κ3) is 14.1. The van der Waals surface area contributed by atoms with Crippen molar-refractivity contribution in [3.05, 3.63) is 0 Å². The van der Waals surface area contributed by atoms with E-state index in [1.165, 1.54) is 13.8 Å². The lowest BCUT2D eigenvalue weighted by Gasteiger charge is -2.25. The van der Waals surface area contributed by atoms with Gasteiger partial charge in [-0.25, -0.2) is 14.4 Å². The van der Waals surface area contributed by atoms with E-state index in [-0.39, 0.29) is 12.4 Å². The van der Waals surface area contributed by atoms with Crippen LogP contribution < -0.4 is 5.32 Å². The van der Waals surface area contributed by atoms with Crippen molar-refractivity contribution in [3.8, 4) is 0 Å². The third-order valence-electron chi connectivity index (χ3n) is 4.09. The highest BCUT2D eigenvalue weighted by molar-refractivity contribution is 8.15. The standard InChI is InChI=1S/C23H37NO11S2/c1-10-31-15(25)14(11-36-19(29)34-12-32-17(27)21(2,3)4)24-16(26)23(8,9)37-20(30)35-13-33-18(28)22(5,6)7/h14H,10-13H2,1-9H3,(H,24,26)/t14-/m0/s1. The maximum absolute atomic E-state index is 12.8. The first-order valence-electron chi connectivity index (χ1n) is 11.3. The summed E-state index contributed by atoms with van der Waals surface area (Å²) < 4.78 is 22.9. The Morgan fingerprint density at radius 1 is 0.703 bits per heavy atom. The summed E-state index contributed by atoms with van der Waals surface area (Å²) in [5.41, 5.74) is -1.55. The summed E-state index contributed by atoms with van der Waals surface area (Å²) in [6, 6.07) is -1.24. The summed E-state index contributed by atoms with van der Waals surface area (Å²) in [6.45, 7) is 13.1. The highest BCUT2D eigenvalue weighted by Crippen LogP contribution is 2.27. The Balaban J connectivity index is 4.90. The molecule has 0 saturated heterocycles. The summed E-state index contributed by atoms with van der Waals surface area (Å²) in [6.07, 6.45) is 0. The lowest BCUT2D eigenvalue weighted by atomic mass is 9.97. The van der Waals surface area contributed by atoms with Crippen molar-refractivity contribution in [3.63, 3.8) is 0 Å². The number of hydrogen-bond donors (Lipinski definition) is 1. The maximum atomic E-state index is 12.8. The lowest BCUT2D eigenvalue weighted by molar-refractivity contribution is -0.161. The maximum Gasteiger partial charge on any atom is 0.371 e. The summed E-state index contributed by atoms with van der Waals surface area (Å²) in [5.74, 6) is -2.89. The molecule has 0 aromatic rings. The molecule has 212 valence electrons. The van der Waals surface area contributed by atoms with Gasteiger partial charge in [-0.05, 0) is 85.8 Å². The number of rotatable bonds is 11. The van der Waals surface area contributed by atoms with E-state index in [0.29, 0.717) is 23.5 Å². The SMILES string of the molecule is CCOC(=O)[C@H](CSC(=O)OCOC(=O)C(C)(C)C)NC(=O)C(C)(C)SC(=O)OCOC(=O)C(C)(C)C. The minimum atomic E-state index is -1.40. The van der Waals surface area contributed by atoms with Crippen LogP contribution in [0.4, 0.5) is 9.59 Å². The first-order chi connectivity index (χ1) is 16.8. The number of amides is 1. The van der Waals surface area contributed by atoms with Gasteiger partial charge < -0.3 is 29.0 Å². The topological polar surface area (TPSA) is 161 Å². The molecule has 0 unspecified atom stereocenters. The fourth-order valence-corrected chi connectivity index (χ4v) is 3.24. The number of ether oxygens (including phenoxy) is 5. The second-order valence-electron chi connectivity index (χ2n) is 10.1. The van der Waals surface area contributed by atoms with Crippen LogP contribution in [0.3, 0.4) is 0 Å². The zero-order chi connectivity index (χ0) is 29.0. The monoisotopic (exact) mass is 567 g/mol. The number of thioether (sulfide) groups is 2. The van der Waals surface area contributed by atoms with Gasteiger partial charge in [-0.2, -0.15) is 0 Å². The van der Waals surface area contributed by atoms with Gasteiger partial charge in [-0.1, -0.05) is 0 Å². The van der Waals surface area contributed by atoms with Crippen LogP contribution >= 0.6 is 23.5 Å². The van der Waals surface area contributed by atoms with Crippen molar-refractivity contribution >= 4 is 57.9 Å². The quantitative estimate of drug-likeness (QED) is 0.219. The molecule has 12 nitrogen and oxygen atoms in total. The van der Waals surface area contributed by atoms with Crippen LogP contribution in [0.1, 0.15) is 62.3 Å². The number of nitrogens with one attached hydrogen (secondary N) is 1. The van der Waals surface area contributed by atoms with Crippen molar-refractivity contribution in [2.45, 2.75) is 73.1 Å². The molecule has 1 atom stereocenters. The molecule has 0 spiro atoms. The van der Waals surface area contributed by atoms with E-state index in [4.69, 9.17) is 23.7 Å². The van der Waals surface area contributed by atoms with Crippen LogP contribution in [0.2, 0.25) is 0 Å². The highest BCUT2D eigenvalue weighted by Gasteiger charge is 2.36. The molecule has 1 amide bonds.